The number of allylic oxidation sites excluding steroid dienone is 9. The van der Waals surface area contributed by atoms with E-state index in [4.69, 9.17) is 15.0 Å². The van der Waals surface area contributed by atoms with Gasteiger partial charge in [0.1, 0.15) is 5.76 Å². The van der Waals surface area contributed by atoms with Gasteiger partial charge in [-0.3, -0.25) is 14.4 Å². The molecule has 52 heavy (non-hydrogen) atoms. The van der Waals surface area contributed by atoms with Gasteiger partial charge in [0.2, 0.25) is 0 Å². The summed E-state index contributed by atoms with van der Waals surface area (Å²) < 4.78 is 0. The van der Waals surface area contributed by atoms with Crippen molar-refractivity contribution in [3.63, 3.8) is 0 Å². The van der Waals surface area contributed by atoms with Gasteiger partial charge in [0.05, 0.1) is 45.8 Å². The van der Waals surface area contributed by atoms with Gasteiger partial charge >= 0.3 is 17.9 Å². The molecule has 0 spiro atoms. The van der Waals surface area contributed by atoms with Crippen molar-refractivity contribution >= 4 is 47.2 Å². The van der Waals surface area contributed by atoms with Crippen LogP contribution in [0.1, 0.15) is 75.4 Å². The second-order valence-corrected chi connectivity index (χ2v) is 13.0. The largest absolute Gasteiger partial charge is 0.510 e. The van der Waals surface area contributed by atoms with Crippen molar-refractivity contribution in [1.82, 2.24) is 10.3 Å². The maximum Gasteiger partial charge on any atom is 0.303 e. The molecule has 0 aliphatic carbocycles. The third-order valence-corrected chi connectivity index (χ3v) is 9.86. The zero-order valence-corrected chi connectivity index (χ0v) is 30.0. The third kappa shape index (κ3) is 7.15. The molecule has 270 valence electrons. The third-order valence-electron chi connectivity index (χ3n) is 9.86. The monoisotopic (exact) mass is 705 g/mol. The van der Waals surface area contributed by atoms with Crippen molar-refractivity contribution in [2.24, 2.45) is 15.0 Å². The van der Waals surface area contributed by atoms with Crippen molar-refractivity contribution < 1.29 is 34.8 Å². The summed E-state index contributed by atoms with van der Waals surface area (Å²) >= 11 is 0. The molecule has 0 unspecified atom stereocenters. The second-order valence-electron chi connectivity index (χ2n) is 13.0. The van der Waals surface area contributed by atoms with Gasteiger partial charge < -0.3 is 30.7 Å². The number of aliphatic carboxylic acids is 3. The number of aromatic nitrogens is 1. The molecule has 12 heteroatoms. The lowest BCUT2D eigenvalue weighted by Crippen LogP contribution is -2.32. The second kappa shape index (κ2) is 15.2. The van der Waals surface area contributed by atoms with Crippen LogP contribution in [0.5, 0.6) is 0 Å². The van der Waals surface area contributed by atoms with Crippen LogP contribution >= 0.6 is 0 Å². The number of H-pyrrole nitrogens is 1. The number of hydrogen-bond acceptors (Lipinski definition) is 8. The van der Waals surface area contributed by atoms with Crippen molar-refractivity contribution in [3.05, 3.63) is 116 Å². The number of nitrogens with zero attached hydrogens (tertiary/aromatic N) is 3. The highest BCUT2D eigenvalue weighted by molar-refractivity contribution is 6.38. The minimum absolute atomic E-state index is 0.0922. The maximum absolute atomic E-state index is 12.1. The van der Waals surface area contributed by atoms with Gasteiger partial charge in [-0.25, -0.2) is 15.0 Å². The van der Waals surface area contributed by atoms with Crippen LogP contribution in [0.25, 0.3) is 12.2 Å². The Morgan fingerprint density at radius 2 is 1.37 bits per heavy atom. The normalized spacial score (nSPS) is 18.4. The Hall–Kier alpha value is -5.88. The highest BCUT2D eigenvalue weighted by Crippen LogP contribution is 2.40. The topological polar surface area (TPSA) is 197 Å². The number of aliphatic imine (C=N–C) groups is 3. The molecule has 0 amide bonds. The number of likely N-dealkylation sites (N-methyl/N-ethyl adjacent to an activating group) is 1. The zero-order valence-electron chi connectivity index (χ0n) is 30.0. The first kappa shape index (κ1) is 37.4. The number of carboxylic acid groups (broad SMARTS) is 3. The fourth-order valence-electron chi connectivity index (χ4n) is 6.91. The predicted molar refractivity (Wildman–Crippen MR) is 203 cm³/mol. The highest BCUT2D eigenvalue weighted by atomic mass is 16.4. The molecule has 6 N–H and O–H groups in total. The fraction of sp³-hybridized carbons (Fsp3) is 0.300. The van der Waals surface area contributed by atoms with Gasteiger partial charge in [0, 0.05) is 41.8 Å². The van der Waals surface area contributed by atoms with E-state index < -0.39 is 23.9 Å². The highest BCUT2D eigenvalue weighted by Gasteiger charge is 2.34. The van der Waals surface area contributed by atoms with Crippen LogP contribution in [0.3, 0.4) is 0 Å². The molecule has 4 aliphatic rings. The van der Waals surface area contributed by atoms with E-state index in [0.717, 1.165) is 27.8 Å². The molecule has 12 nitrogen and oxygen atoms in total. The predicted octanol–water partition coefficient (Wildman–Crippen LogP) is 6.73. The molecule has 0 radical (unpaired) electrons. The van der Waals surface area contributed by atoms with Crippen molar-refractivity contribution in [2.45, 2.75) is 72.3 Å². The molecule has 1 aromatic heterocycles. The Morgan fingerprint density at radius 1 is 0.750 bits per heavy atom. The average Bonchev–Trinajstić information content (AvgIpc) is 3.76. The number of aromatic amines is 1. The Morgan fingerprint density at radius 3 is 1.98 bits per heavy atom. The minimum atomic E-state index is -1.00. The van der Waals surface area contributed by atoms with Crippen LogP contribution < -0.4 is 5.32 Å². The number of carbonyl (C=O) groups is 3. The smallest absolute Gasteiger partial charge is 0.303 e. The van der Waals surface area contributed by atoms with E-state index in [9.17, 15) is 34.8 Å². The van der Waals surface area contributed by atoms with Gasteiger partial charge in [0.15, 0.2) is 0 Å². The lowest BCUT2D eigenvalue weighted by molar-refractivity contribution is -0.138. The molecular weight excluding hydrogens is 662 g/mol. The van der Waals surface area contributed by atoms with E-state index in [1.54, 1.807) is 19.2 Å². The Labute approximate surface area is 301 Å². The van der Waals surface area contributed by atoms with E-state index in [1.165, 1.54) is 0 Å². The molecule has 1 atom stereocenters. The standard InChI is InChI=1S/C40H43N5O7/c1-8-23-22(6)38-37(40(52)27(41-7)12-15-36(50)51)39-24(9-2)19(3)30(44-39)16-28-20(4)25(10-13-34(46)47)32(42-28)18-33-26(11-14-35(48)49)21(5)29(43-33)17-31(23)45-38/h8-9,16-18,27,41,43,52H,1-2,10-15H2,3-7H3,(H,46,47)(H,48,49)(H,50,51)/t27-/m0/s1. The van der Waals surface area contributed by atoms with Crippen molar-refractivity contribution in [3.8, 4) is 0 Å². The van der Waals surface area contributed by atoms with Gasteiger partial charge in [-0.05, 0) is 106 Å². The first-order valence-electron chi connectivity index (χ1n) is 17.0. The quantitative estimate of drug-likeness (QED) is 0.121. The van der Waals surface area contributed by atoms with E-state index in [0.29, 0.717) is 67.9 Å². The summed E-state index contributed by atoms with van der Waals surface area (Å²) in [6.07, 6.45) is 8.99. The number of rotatable bonds is 13. The average molecular weight is 706 g/mol. The summed E-state index contributed by atoms with van der Waals surface area (Å²) in [4.78, 5) is 53.5. The Balaban J connectivity index is 1.89. The van der Waals surface area contributed by atoms with Crippen LogP contribution in [0.4, 0.5) is 0 Å². The molecule has 1 aromatic rings. The fourth-order valence-corrected chi connectivity index (χ4v) is 6.91. The molecule has 8 bridgehead atoms. The van der Waals surface area contributed by atoms with Crippen LogP contribution in [-0.4, -0.2) is 73.5 Å². The van der Waals surface area contributed by atoms with E-state index in [2.05, 4.69) is 23.5 Å². The SMILES string of the molecule is C=CC1=C(C)C2=NC1=Cc1[nH]c(c(CCC(=O)O)c1C)C=C1N=C(C=C3N=C(C(C=C)=C3C)C2=C(O)[C@H](CCC(=O)O)NC)C(C)=C1CCC(=O)O. The van der Waals surface area contributed by atoms with Crippen LogP contribution in [-0.2, 0) is 20.8 Å². The minimum Gasteiger partial charge on any atom is -0.510 e. The van der Waals surface area contributed by atoms with E-state index in [1.807, 2.05) is 45.9 Å². The van der Waals surface area contributed by atoms with Gasteiger partial charge in [-0.15, -0.1) is 0 Å². The number of aliphatic hydroxyl groups is 1. The summed E-state index contributed by atoms with van der Waals surface area (Å²) in [7, 11) is 1.64. The Bertz CT molecular complexity index is 2140. The number of nitrogens with one attached hydrogen (secondary N) is 2. The van der Waals surface area contributed by atoms with E-state index in [-0.39, 0.29) is 44.3 Å². The maximum atomic E-state index is 12.1. The number of aliphatic hydroxyl groups excluding tert-OH is 1. The van der Waals surface area contributed by atoms with Crippen molar-refractivity contribution in [1.29, 1.82) is 0 Å². The molecule has 0 fully saturated rings. The van der Waals surface area contributed by atoms with Crippen LogP contribution in [0, 0.1) is 6.92 Å². The number of carboxylic acids is 3. The van der Waals surface area contributed by atoms with Crippen molar-refractivity contribution in [2.75, 3.05) is 7.05 Å². The molecule has 5 rings (SSSR count). The lowest BCUT2D eigenvalue weighted by atomic mass is 9.89. The van der Waals surface area contributed by atoms with Crippen LogP contribution in [0.2, 0.25) is 0 Å². The molecule has 0 saturated heterocycles. The molecular formula is C40H43N5O7. The summed E-state index contributed by atoms with van der Waals surface area (Å²) in [5.41, 5.74) is 10.6. The summed E-state index contributed by atoms with van der Waals surface area (Å²) in [5.74, 6) is -3.03. The Kier molecular flexibility index (Phi) is 10.9. The molecule has 4 aliphatic heterocycles. The zero-order chi connectivity index (χ0) is 38.0. The first-order chi connectivity index (χ1) is 24.7. The van der Waals surface area contributed by atoms with E-state index >= 15 is 0 Å². The van der Waals surface area contributed by atoms with Crippen LogP contribution in [0.15, 0.2) is 108 Å². The number of hydrogen-bond donors (Lipinski definition) is 6. The summed E-state index contributed by atoms with van der Waals surface area (Å²) in [5, 5.41) is 43.8. The summed E-state index contributed by atoms with van der Waals surface area (Å²) in [6.45, 7) is 15.7. The first-order valence-corrected chi connectivity index (χ1v) is 17.0. The van der Waals surface area contributed by atoms with Gasteiger partial charge in [-0.2, -0.15) is 0 Å². The lowest BCUT2D eigenvalue weighted by Gasteiger charge is -2.20. The summed E-state index contributed by atoms with van der Waals surface area (Å²) in [6, 6.07) is -0.756. The molecule has 0 saturated carbocycles. The molecule has 0 aromatic carbocycles. The number of fused-ring (bicyclic) bond motifs is 5. The van der Waals surface area contributed by atoms with Gasteiger partial charge in [0.25, 0.3) is 0 Å². The molecule has 5 heterocycles. The van der Waals surface area contributed by atoms with Gasteiger partial charge in [-0.1, -0.05) is 25.3 Å².